The van der Waals surface area contributed by atoms with Gasteiger partial charge in [-0.15, -0.1) is 0 Å². The second-order valence-electron chi connectivity index (χ2n) is 3.98. The summed E-state index contributed by atoms with van der Waals surface area (Å²) in [7, 11) is 1.48. The van der Waals surface area contributed by atoms with E-state index in [1.165, 1.54) is 13.2 Å². The second kappa shape index (κ2) is 5.68. The minimum absolute atomic E-state index is 0.0546. The van der Waals surface area contributed by atoms with Crippen LogP contribution >= 0.6 is 0 Å². The van der Waals surface area contributed by atoms with Gasteiger partial charge >= 0.3 is 0 Å². The van der Waals surface area contributed by atoms with Gasteiger partial charge in [0.1, 0.15) is 5.78 Å². The van der Waals surface area contributed by atoms with Gasteiger partial charge in [-0.2, -0.15) is 0 Å². The highest BCUT2D eigenvalue weighted by atomic mass is 16.5. The fourth-order valence-electron chi connectivity index (χ4n) is 1.76. The maximum atomic E-state index is 11.4. The van der Waals surface area contributed by atoms with Gasteiger partial charge in [0, 0.05) is 25.5 Å². The van der Waals surface area contributed by atoms with Crippen molar-refractivity contribution in [2.75, 3.05) is 7.11 Å². The lowest BCUT2D eigenvalue weighted by molar-refractivity contribution is -0.121. The lowest BCUT2D eigenvalue weighted by Gasteiger charge is -2.19. The van der Waals surface area contributed by atoms with E-state index in [9.17, 15) is 15.0 Å². The summed E-state index contributed by atoms with van der Waals surface area (Å²) in [5.41, 5.74) is 1.27. The van der Waals surface area contributed by atoms with Gasteiger partial charge in [-0.3, -0.25) is 4.79 Å². The molecule has 4 nitrogen and oxygen atoms in total. The number of Topliss-reactive ketones (excluding diaryl/α,β-unsaturated/α-hetero) is 1. The zero-order valence-electron chi connectivity index (χ0n) is 10.4. The molecule has 1 unspecified atom stereocenters. The molecule has 0 aliphatic heterocycles. The first-order valence-corrected chi connectivity index (χ1v) is 5.57. The van der Waals surface area contributed by atoms with Gasteiger partial charge in [0.2, 0.25) is 0 Å². The summed E-state index contributed by atoms with van der Waals surface area (Å²) in [6, 6.07) is 3.11. The van der Waals surface area contributed by atoms with E-state index in [2.05, 4.69) is 0 Å². The summed E-state index contributed by atoms with van der Waals surface area (Å²) in [5.74, 6) is -0.351. The number of phenolic OH excluding ortho intramolecular Hbond substituents is 2. The van der Waals surface area contributed by atoms with Crippen LogP contribution in [-0.4, -0.2) is 23.1 Å². The number of carbonyl (C=O) groups is 1. The number of hydrogen-bond acceptors (Lipinski definition) is 4. The normalized spacial score (nSPS) is 12.4. The van der Waals surface area contributed by atoms with Crippen molar-refractivity contribution in [3.05, 3.63) is 23.3 Å². The molecule has 0 spiro atoms. The molecule has 0 heterocycles. The minimum Gasteiger partial charge on any atom is -0.504 e. The molecule has 1 aromatic rings. The molecular weight excluding hydrogens is 220 g/mol. The fraction of sp³-hybridized carbons (Fsp3) is 0.462. The van der Waals surface area contributed by atoms with E-state index in [1.807, 2.05) is 0 Å². The largest absolute Gasteiger partial charge is 0.504 e. The quantitative estimate of drug-likeness (QED) is 0.773. The van der Waals surface area contributed by atoms with Crippen molar-refractivity contribution < 1.29 is 19.7 Å². The van der Waals surface area contributed by atoms with Gasteiger partial charge in [-0.25, -0.2) is 0 Å². The van der Waals surface area contributed by atoms with Crippen molar-refractivity contribution in [3.63, 3.8) is 0 Å². The number of rotatable bonds is 5. The first-order chi connectivity index (χ1) is 8.01. The Kier molecular flexibility index (Phi) is 4.52. The van der Waals surface area contributed by atoms with Crippen LogP contribution < -0.4 is 0 Å². The molecule has 1 aromatic carbocycles. The molecule has 2 N–H and O–H groups in total. The molecular formula is C13H18O4. The van der Waals surface area contributed by atoms with Crippen molar-refractivity contribution in [2.45, 2.75) is 32.8 Å². The number of ether oxygens (including phenoxy) is 1. The Hall–Kier alpha value is -1.55. The average molecular weight is 238 g/mol. The van der Waals surface area contributed by atoms with Crippen LogP contribution in [0.1, 0.15) is 37.0 Å². The van der Waals surface area contributed by atoms with E-state index >= 15 is 0 Å². The van der Waals surface area contributed by atoms with Crippen LogP contribution in [0.5, 0.6) is 11.5 Å². The Bertz CT molecular complexity index is 412. The average Bonchev–Trinajstić information content (AvgIpc) is 2.32. The molecule has 17 heavy (non-hydrogen) atoms. The SMILES string of the molecule is CCC(=O)CC(OC)c1c(C)ccc(O)c1O. The summed E-state index contributed by atoms with van der Waals surface area (Å²) < 4.78 is 5.23. The Labute approximate surface area is 101 Å². The first kappa shape index (κ1) is 13.5. The van der Waals surface area contributed by atoms with Crippen molar-refractivity contribution in [1.82, 2.24) is 0 Å². The lowest BCUT2D eigenvalue weighted by atomic mass is 9.97. The molecule has 0 saturated carbocycles. The molecule has 1 rings (SSSR count). The molecule has 0 aromatic heterocycles. The first-order valence-electron chi connectivity index (χ1n) is 5.57. The molecule has 0 aliphatic rings. The molecule has 0 radical (unpaired) electrons. The van der Waals surface area contributed by atoms with Gasteiger partial charge < -0.3 is 14.9 Å². The van der Waals surface area contributed by atoms with E-state index in [-0.39, 0.29) is 23.7 Å². The van der Waals surface area contributed by atoms with Crippen LogP contribution in [0, 0.1) is 6.92 Å². The van der Waals surface area contributed by atoms with Crippen molar-refractivity contribution in [3.8, 4) is 11.5 Å². The highest BCUT2D eigenvalue weighted by Crippen LogP contribution is 2.38. The molecule has 0 amide bonds. The standard InChI is InChI=1S/C13H18O4/c1-4-9(14)7-11(17-3)12-8(2)5-6-10(15)13(12)16/h5-6,11,15-16H,4,7H2,1-3H3. The summed E-state index contributed by atoms with van der Waals surface area (Å²) in [6.45, 7) is 3.58. The predicted molar refractivity (Wildman–Crippen MR) is 64.2 cm³/mol. The molecule has 0 bridgehead atoms. The lowest BCUT2D eigenvalue weighted by Crippen LogP contribution is -2.10. The molecule has 0 aliphatic carbocycles. The van der Waals surface area contributed by atoms with E-state index in [0.29, 0.717) is 12.0 Å². The Balaban J connectivity index is 3.11. The van der Waals surface area contributed by atoms with Crippen molar-refractivity contribution >= 4 is 5.78 Å². The molecule has 0 fully saturated rings. The number of aromatic hydroxyl groups is 2. The molecule has 1 atom stereocenters. The number of aryl methyl sites for hydroxylation is 1. The maximum Gasteiger partial charge on any atom is 0.163 e. The van der Waals surface area contributed by atoms with Gasteiger partial charge in [-0.05, 0) is 18.6 Å². The molecule has 94 valence electrons. The van der Waals surface area contributed by atoms with Gasteiger partial charge in [0.05, 0.1) is 6.10 Å². The summed E-state index contributed by atoms with van der Waals surface area (Å²) in [5, 5.41) is 19.3. The fourth-order valence-corrected chi connectivity index (χ4v) is 1.76. The van der Waals surface area contributed by atoms with Crippen LogP contribution in [0.3, 0.4) is 0 Å². The summed E-state index contributed by atoms with van der Waals surface area (Å²) >= 11 is 0. The van der Waals surface area contributed by atoms with Crippen LogP contribution in [0.25, 0.3) is 0 Å². The van der Waals surface area contributed by atoms with E-state index in [1.54, 1.807) is 19.9 Å². The number of benzene rings is 1. The van der Waals surface area contributed by atoms with Gasteiger partial charge in [0.25, 0.3) is 0 Å². The minimum atomic E-state index is -0.519. The Morgan fingerprint density at radius 3 is 2.59 bits per heavy atom. The topological polar surface area (TPSA) is 66.8 Å². The van der Waals surface area contributed by atoms with Crippen LogP contribution in [0.4, 0.5) is 0 Å². The Morgan fingerprint density at radius 2 is 2.06 bits per heavy atom. The van der Waals surface area contributed by atoms with Crippen LogP contribution in [0.15, 0.2) is 12.1 Å². The number of hydrogen-bond donors (Lipinski definition) is 2. The summed E-state index contributed by atoms with van der Waals surface area (Å²) in [4.78, 5) is 11.4. The molecule has 0 saturated heterocycles. The predicted octanol–water partition coefficient (Wildman–Crippen LogP) is 2.46. The zero-order chi connectivity index (χ0) is 13.0. The number of ketones is 1. The maximum absolute atomic E-state index is 11.4. The van der Waals surface area contributed by atoms with Gasteiger partial charge in [0.15, 0.2) is 11.5 Å². The number of methoxy groups -OCH3 is 1. The highest BCUT2D eigenvalue weighted by Gasteiger charge is 2.21. The van der Waals surface area contributed by atoms with Gasteiger partial charge in [-0.1, -0.05) is 13.0 Å². The monoisotopic (exact) mass is 238 g/mol. The number of carbonyl (C=O) groups excluding carboxylic acids is 1. The van der Waals surface area contributed by atoms with Crippen LogP contribution in [-0.2, 0) is 9.53 Å². The third-order valence-corrected chi connectivity index (χ3v) is 2.83. The molecule has 4 heteroatoms. The zero-order valence-corrected chi connectivity index (χ0v) is 10.4. The highest BCUT2D eigenvalue weighted by molar-refractivity contribution is 5.79. The van der Waals surface area contributed by atoms with Crippen molar-refractivity contribution in [1.29, 1.82) is 0 Å². The summed E-state index contributed by atoms with van der Waals surface area (Å²) in [6.07, 6.45) is 0.109. The van der Waals surface area contributed by atoms with Crippen molar-refractivity contribution in [2.24, 2.45) is 0 Å². The second-order valence-corrected chi connectivity index (χ2v) is 3.98. The van der Waals surface area contributed by atoms with E-state index in [4.69, 9.17) is 4.74 Å². The third-order valence-electron chi connectivity index (χ3n) is 2.83. The van der Waals surface area contributed by atoms with Crippen LogP contribution in [0.2, 0.25) is 0 Å². The van der Waals surface area contributed by atoms with E-state index in [0.717, 1.165) is 5.56 Å². The third kappa shape index (κ3) is 2.97. The Morgan fingerprint density at radius 1 is 1.41 bits per heavy atom. The van der Waals surface area contributed by atoms with E-state index < -0.39 is 6.10 Å². The smallest absolute Gasteiger partial charge is 0.163 e. The number of phenols is 2.